The number of nitriles is 1. The van der Waals surface area contributed by atoms with Crippen molar-refractivity contribution in [1.29, 1.82) is 5.26 Å². The van der Waals surface area contributed by atoms with Crippen LogP contribution in [0.25, 0.3) is 0 Å². The molecule has 0 aromatic heterocycles. The second-order valence-electron chi connectivity index (χ2n) is 5.91. The summed E-state index contributed by atoms with van der Waals surface area (Å²) in [6.45, 7) is 4.45. The van der Waals surface area contributed by atoms with E-state index in [1.807, 2.05) is 13.8 Å². The van der Waals surface area contributed by atoms with Crippen molar-refractivity contribution in [3.8, 4) is 11.9 Å². The van der Waals surface area contributed by atoms with E-state index in [0.29, 0.717) is 17.4 Å². The van der Waals surface area contributed by atoms with Crippen molar-refractivity contribution >= 4 is 26.0 Å². The Hall–Kier alpha value is -1.30. The Kier molecular flexibility index (Phi) is 5.55. The molecule has 126 valence electrons. The van der Waals surface area contributed by atoms with Crippen LogP contribution < -0.4 is 9.46 Å². The van der Waals surface area contributed by atoms with Gasteiger partial charge in [0.05, 0.1) is 7.11 Å². The van der Waals surface area contributed by atoms with Gasteiger partial charge in [-0.3, -0.25) is 0 Å². The van der Waals surface area contributed by atoms with Crippen molar-refractivity contribution < 1.29 is 13.2 Å². The van der Waals surface area contributed by atoms with Crippen molar-refractivity contribution in [2.75, 3.05) is 13.7 Å². The Morgan fingerprint density at radius 2 is 2.17 bits per heavy atom. The van der Waals surface area contributed by atoms with Gasteiger partial charge in [0.1, 0.15) is 10.6 Å². The third-order valence-electron chi connectivity index (χ3n) is 3.98. The number of halogens is 1. The summed E-state index contributed by atoms with van der Waals surface area (Å²) in [5.74, 6) is 0.570. The number of ether oxygens (including phenoxy) is 1. The van der Waals surface area contributed by atoms with Gasteiger partial charge in [0, 0.05) is 23.1 Å². The summed E-state index contributed by atoms with van der Waals surface area (Å²) >= 11 is 3.28. The largest absolute Gasteiger partial charge is 0.495 e. The van der Waals surface area contributed by atoms with Gasteiger partial charge in [0.25, 0.3) is 0 Å². The van der Waals surface area contributed by atoms with E-state index < -0.39 is 10.0 Å². The van der Waals surface area contributed by atoms with Gasteiger partial charge in [0.15, 0.2) is 6.19 Å². The molecule has 1 aliphatic rings. The number of rotatable bonds is 5. The fourth-order valence-corrected chi connectivity index (χ4v) is 4.79. The van der Waals surface area contributed by atoms with E-state index >= 15 is 0 Å². The number of nitrogens with zero attached hydrogens (tertiary/aromatic N) is 2. The zero-order chi connectivity index (χ0) is 17.2. The van der Waals surface area contributed by atoms with Crippen molar-refractivity contribution in [3.63, 3.8) is 0 Å². The molecule has 0 bridgehead atoms. The Morgan fingerprint density at radius 1 is 1.48 bits per heavy atom. The minimum Gasteiger partial charge on any atom is -0.495 e. The lowest BCUT2D eigenvalue weighted by Gasteiger charge is -2.21. The van der Waals surface area contributed by atoms with E-state index in [1.54, 1.807) is 17.0 Å². The summed E-state index contributed by atoms with van der Waals surface area (Å²) in [6.07, 6.45) is 2.76. The van der Waals surface area contributed by atoms with Crippen LogP contribution in [-0.4, -0.2) is 39.1 Å². The van der Waals surface area contributed by atoms with Crippen molar-refractivity contribution in [3.05, 3.63) is 22.7 Å². The number of likely N-dealkylation sites (tertiary alicyclic amines) is 1. The Balaban J connectivity index is 2.23. The predicted molar refractivity (Wildman–Crippen MR) is 90.4 cm³/mol. The van der Waals surface area contributed by atoms with E-state index in [1.165, 1.54) is 13.2 Å². The average molecular weight is 402 g/mol. The SMILES string of the molecule is COc1ccc(Br)cc1S(=O)(=O)N[C@@H]1C[C@H](C(C)C)N(C#N)C1. The molecule has 0 spiro atoms. The highest BCUT2D eigenvalue weighted by Gasteiger charge is 2.36. The highest BCUT2D eigenvalue weighted by molar-refractivity contribution is 9.10. The summed E-state index contributed by atoms with van der Waals surface area (Å²) in [7, 11) is -2.30. The molecule has 1 fully saturated rings. The number of benzene rings is 1. The summed E-state index contributed by atoms with van der Waals surface area (Å²) < 4.78 is 33.9. The molecule has 1 N–H and O–H groups in total. The summed E-state index contributed by atoms with van der Waals surface area (Å²) in [6, 6.07) is 4.59. The number of sulfonamides is 1. The summed E-state index contributed by atoms with van der Waals surface area (Å²) in [5, 5.41) is 9.21. The second kappa shape index (κ2) is 7.07. The first-order chi connectivity index (χ1) is 10.8. The molecule has 0 unspecified atom stereocenters. The van der Waals surface area contributed by atoms with Crippen LogP contribution in [0.3, 0.4) is 0 Å². The van der Waals surface area contributed by atoms with E-state index in [2.05, 4.69) is 26.8 Å². The van der Waals surface area contributed by atoms with E-state index in [-0.39, 0.29) is 28.6 Å². The predicted octanol–water partition coefficient (Wildman–Crippen LogP) is 2.32. The molecule has 0 amide bonds. The van der Waals surface area contributed by atoms with Crippen molar-refractivity contribution in [2.45, 2.75) is 37.2 Å². The first-order valence-corrected chi connectivity index (χ1v) is 9.58. The maximum atomic E-state index is 12.7. The van der Waals surface area contributed by atoms with Gasteiger partial charge < -0.3 is 9.64 Å². The summed E-state index contributed by atoms with van der Waals surface area (Å²) in [4.78, 5) is 1.74. The van der Waals surface area contributed by atoms with E-state index in [9.17, 15) is 13.7 Å². The van der Waals surface area contributed by atoms with Gasteiger partial charge in [-0.1, -0.05) is 29.8 Å². The molecular formula is C15H20BrN3O3S. The molecule has 6 nitrogen and oxygen atoms in total. The lowest BCUT2D eigenvalue weighted by Crippen LogP contribution is -2.36. The van der Waals surface area contributed by atoms with Gasteiger partial charge >= 0.3 is 0 Å². The molecule has 0 radical (unpaired) electrons. The zero-order valence-electron chi connectivity index (χ0n) is 13.3. The average Bonchev–Trinajstić information content (AvgIpc) is 2.89. The molecule has 2 atom stereocenters. The molecule has 1 heterocycles. The number of hydrogen-bond donors (Lipinski definition) is 1. The second-order valence-corrected chi connectivity index (χ2v) is 8.51. The van der Waals surface area contributed by atoms with Crippen LogP contribution >= 0.6 is 15.9 Å². The molecule has 0 saturated carbocycles. The van der Waals surface area contributed by atoms with Crippen LogP contribution in [0.5, 0.6) is 5.75 Å². The third-order valence-corrected chi connectivity index (χ3v) is 6.01. The monoisotopic (exact) mass is 401 g/mol. The van der Waals surface area contributed by atoms with Crippen LogP contribution in [-0.2, 0) is 10.0 Å². The lowest BCUT2D eigenvalue weighted by molar-refractivity contribution is 0.291. The van der Waals surface area contributed by atoms with E-state index in [4.69, 9.17) is 4.74 Å². The fraction of sp³-hybridized carbons (Fsp3) is 0.533. The maximum absolute atomic E-state index is 12.7. The Bertz CT molecular complexity index is 715. The van der Waals surface area contributed by atoms with Crippen molar-refractivity contribution in [2.24, 2.45) is 5.92 Å². The maximum Gasteiger partial charge on any atom is 0.244 e. The topological polar surface area (TPSA) is 82.4 Å². The molecule has 1 aromatic carbocycles. The molecule has 0 aliphatic carbocycles. The van der Waals surface area contributed by atoms with E-state index in [0.717, 1.165) is 0 Å². The molecule has 1 saturated heterocycles. The molecule has 2 rings (SSSR count). The van der Waals surface area contributed by atoms with Gasteiger partial charge in [-0.2, -0.15) is 5.26 Å². The van der Waals surface area contributed by atoms with Crippen LogP contribution in [0.1, 0.15) is 20.3 Å². The van der Waals surface area contributed by atoms with Crippen LogP contribution in [0, 0.1) is 17.4 Å². The zero-order valence-corrected chi connectivity index (χ0v) is 15.7. The molecule has 1 aliphatic heterocycles. The minimum absolute atomic E-state index is 0.0529. The minimum atomic E-state index is -3.73. The highest BCUT2D eigenvalue weighted by atomic mass is 79.9. The molecule has 23 heavy (non-hydrogen) atoms. The number of methoxy groups -OCH3 is 1. The Morgan fingerprint density at radius 3 is 2.70 bits per heavy atom. The first-order valence-electron chi connectivity index (χ1n) is 7.30. The normalized spacial score (nSPS) is 21.5. The van der Waals surface area contributed by atoms with Gasteiger partial charge in [0.2, 0.25) is 10.0 Å². The highest BCUT2D eigenvalue weighted by Crippen LogP contribution is 2.29. The Labute approximate surface area is 145 Å². The standard InChI is InChI=1S/C15H20BrN3O3S/c1-10(2)13-7-12(8-19(13)9-17)18-23(20,21)15-6-11(16)4-5-14(15)22-3/h4-6,10,12-13,18H,7-8H2,1-3H3/t12-,13-/m1/s1. The fourth-order valence-electron chi connectivity index (χ4n) is 2.84. The third kappa shape index (κ3) is 3.97. The molecule has 8 heteroatoms. The smallest absolute Gasteiger partial charge is 0.244 e. The van der Waals surface area contributed by atoms with Gasteiger partial charge in [-0.15, -0.1) is 0 Å². The van der Waals surface area contributed by atoms with Gasteiger partial charge in [-0.05, 0) is 30.5 Å². The van der Waals surface area contributed by atoms with Crippen LogP contribution in [0.15, 0.2) is 27.6 Å². The van der Waals surface area contributed by atoms with Crippen LogP contribution in [0.4, 0.5) is 0 Å². The first kappa shape index (κ1) is 18.0. The number of nitrogens with one attached hydrogen (secondary N) is 1. The molecular weight excluding hydrogens is 382 g/mol. The van der Waals surface area contributed by atoms with Crippen LogP contribution in [0.2, 0.25) is 0 Å². The van der Waals surface area contributed by atoms with Crippen molar-refractivity contribution in [1.82, 2.24) is 9.62 Å². The quantitative estimate of drug-likeness (QED) is 0.765. The molecule has 1 aromatic rings. The lowest BCUT2D eigenvalue weighted by atomic mass is 10.0. The summed E-state index contributed by atoms with van der Waals surface area (Å²) in [5.41, 5.74) is 0. The van der Waals surface area contributed by atoms with Gasteiger partial charge in [-0.25, -0.2) is 13.1 Å². The number of hydrogen-bond acceptors (Lipinski definition) is 5.